The normalized spacial score (nSPS) is 19.2. The number of morpholine rings is 1. The van der Waals surface area contributed by atoms with Crippen LogP contribution in [0.25, 0.3) is 0 Å². The molecule has 0 radical (unpaired) electrons. The van der Waals surface area contributed by atoms with Crippen LogP contribution in [0.15, 0.2) is 24.3 Å². The second-order valence-electron chi connectivity index (χ2n) is 6.00. The van der Waals surface area contributed by atoms with E-state index in [1.807, 2.05) is 12.1 Å². The van der Waals surface area contributed by atoms with Crippen LogP contribution in [0.4, 0.5) is 0 Å². The first-order valence-electron chi connectivity index (χ1n) is 7.61. The number of amides is 1. The number of ether oxygens (including phenoxy) is 1. The van der Waals surface area contributed by atoms with Gasteiger partial charge < -0.3 is 15.8 Å². The lowest BCUT2D eigenvalue weighted by Crippen LogP contribution is -2.42. The zero-order valence-electron chi connectivity index (χ0n) is 13.1. The van der Waals surface area contributed by atoms with Crippen molar-refractivity contribution in [3.05, 3.63) is 35.4 Å². The Kier molecular flexibility index (Phi) is 7.77. The molecule has 1 amide bonds. The van der Waals surface area contributed by atoms with Gasteiger partial charge in [-0.15, -0.1) is 24.8 Å². The third-order valence-electron chi connectivity index (χ3n) is 4.30. The number of carbonyl (C=O) groups excluding carboxylic acids is 1. The molecule has 3 rings (SSSR count). The lowest BCUT2D eigenvalue weighted by atomic mass is 10.1. The molecule has 1 heterocycles. The number of hydrogen-bond acceptors (Lipinski definition) is 4. The van der Waals surface area contributed by atoms with E-state index in [2.05, 4.69) is 22.3 Å². The maximum atomic E-state index is 11.9. The fraction of sp³-hybridized carbons (Fsp3) is 0.562. The monoisotopic (exact) mass is 361 g/mol. The molecule has 5 nitrogen and oxygen atoms in total. The topological polar surface area (TPSA) is 67.6 Å². The number of hydrogen-bond donors (Lipinski definition) is 2. The van der Waals surface area contributed by atoms with Crippen LogP contribution in [0.3, 0.4) is 0 Å². The summed E-state index contributed by atoms with van der Waals surface area (Å²) in [6.45, 7) is 4.99. The van der Waals surface area contributed by atoms with Gasteiger partial charge in [-0.3, -0.25) is 9.69 Å². The number of benzene rings is 1. The van der Waals surface area contributed by atoms with Crippen LogP contribution in [-0.2, 0) is 22.6 Å². The molecule has 0 unspecified atom stereocenters. The minimum absolute atomic E-state index is 0. The van der Waals surface area contributed by atoms with Gasteiger partial charge in [-0.05, 0) is 24.0 Å². The Balaban J connectivity index is 0.00000132. The van der Waals surface area contributed by atoms with Crippen molar-refractivity contribution in [2.24, 2.45) is 5.73 Å². The molecule has 23 heavy (non-hydrogen) atoms. The largest absolute Gasteiger partial charge is 0.379 e. The number of nitrogens with one attached hydrogen (secondary N) is 1. The highest BCUT2D eigenvalue weighted by atomic mass is 35.5. The molecular formula is C16H25Cl2N3O2. The first-order chi connectivity index (χ1) is 10.2. The van der Waals surface area contributed by atoms with Gasteiger partial charge in [0, 0.05) is 26.2 Å². The summed E-state index contributed by atoms with van der Waals surface area (Å²) >= 11 is 0. The van der Waals surface area contributed by atoms with E-state index in [-0.39, 0.29) is 30.7 Å². The van der Waals surface area contributed by atoms with E-state index >= 15 is 0 Å². The Labute approximate surface area is 149 Å². The van der Waals surface area contributed by atoms with Crippen molar-refractivity contribution in [1.82, 2.24) is 10.2 Å². The molecule has 2 aliphatic rings. The van der Waals surface area contributed by atoms with Gasteiger partial charge in [0.25, 0.3) is 0 Å². The van der Waals surface area contributed by atoms with Crippen LogP contribution in [0.2, 0.25) is 0 Å². The highest BCUT2D eigenvalue weighted by Gasteiger charge is 2.45. The standard InChI is InChI=1S/C16H23N3O2.2ClH/c17-16(5-6-16)15(20)18-11-13-3-1-2-4-14(13)12-19-7-9-21-10-8-19;;/h1-4H,5-12,17H2,(H,18,20);2*1H. The van der Waals surface area contributed by atoms with Gasteiger partial charge >= 0.3 is 0 Å². The van der Waals surface area contributed by atoms with Gasteiger partial charge in [0.2, 0.25) is 5.91 Å². The van der Waals surface area contributed by atoms with Crippen LogP contribution in [-0.4, -0.2) is 42.6 Å². The maximum Gasteiger partial charge on any atom is 0.240 e. The molecule has 1 aromatic rings. The van der Waals surface area contributed by atoms with Gasteiger partial charge in [0.1, 0.15) is 0 Å². The summed E-state index contributed by atoms with van der Waals surface area (Å²) in [6.07, 6.45) is 1.60. The molecule has 1 aromatic carbocycles. The number of carbonyl (C=O) groups is 1. The Bertz CT molecular complexity index is 518. The van der Waals surface area contributed by atoms with Crippen LogP contribution in [0.1, 0.15) is 24.0 Å². The minimum atomic E-state index is -0.598. The quantitative estimate of drug-likeness (QED) is 0.833. The van der Waals surface area contributed by atoms with Crippen molar-refractivity contribution >= 4 is 30.7 Å². The van der Waals surface area contributed by atoms with Crippen molar-refractivity contribution in [3.63, 3.8) is 0 Å². The molecule has 2 fully saturated rings. The second kappa shape index (κ2) is 8.85. The average Bonchev–Trinajstić information content (AvgIpc) is 3.26. The fourth-order valence-electron chi connectivity index (χ4n) is 2.60. The Morgan fingerprint density at radius 1 is 1.17 bits per heavy atom. The van der Waals surface area contributed by atoms with Crippen molar-refractivity contribution in [3.8, 4) is 0 Å². The Morgan fingerprint density at radius 2 is 1.78 bits per heavy atom. The first kappa shape index (κ1) is 20.2. The molecule has 0 spiro atoms. The van der Waals surface area contributed by atoms with E-state index in [0.29, 0.717) is 6.54 Å². The van der Waals surface area contributed by atoms with Gasteiger partial charge in [0.05, 0.1) is 18.8 Å². The highest BCUT2D eigenvalue weighted by Crippen LogP contribution is 2.32. The first-order valence-corrected chi connectivity index (χ1v) is 7.61. The number of nitrogens with two attached hydrogens (primary N) is 1. The van der Waals surface area contributed by atoms with E-state index in [4.69, 9.17) is 10.5 Å². The zero-order valence-corrected chi connectivity index (χ0v) is 14.8. The van der Waals surface area contributed by atoms with Gasteiger partial charge in [-0.25, -0.2) is 0 Å². The van der Waals surface area contributed by atoms with Gasteiger partial charge in [-0.2, -0.15) is 0 Å². The molecule has 7 heteroatoms. The van der Waals surface area contributed by atoms with E-state index in [9.17, 15) is 4.79 Å². The summed E-state index contributed by atoms with van der Waals surface area (Å²) in [5.74, 6) is -0.0244. The third-order valence-corrected chi connectivity index (χ3v) is 4.30. The summed E-state index contributed by atoms with van der Waals surface area (Å²) in [5.41, 5.74) is 7.74. The van der Waals surface area contributed by atoms with Crippen LogP contribution >= 0.6 is 24.8 Å². The molecule has 0 atom stereocenters. The summed E-state index contributed by atoms with van der Waals surface area (Å²) in [5, 5.41) is 2.97. The molecule has 1 saturated carbocycles. The molecule has 1 aliphatic carbocycles. The van der Waals surface area contributed by atoms with Crippen molar-refractivity contribution in [2.45, 2.75) is 31.5 Å². The Hall–Kier alpha value is -0.850. The molecule has 130 valence electrons. The second-order valence-corrected chi connectivity index (χ2v) is 6.00. The summed E-state index contributed by atoms with van der Waals surface area (Å²) in [6, 6.07) is 8.27. The maximum absolute atomic E-state index is 11.9. The Morgan fingerprint density at radius 3 is 2.39 bits per heavy atom. The average molecular weight is 362 g/mol. The smallest absolute Gasteiger partial charge is 0.240 e. The van der Waals surface area contributed by atoms with E-state index in [1.165, 1.54) is 11.1 Å². The molecule has 0 bridgehead atoms. The SMILES string of the molecule is Cl.Cl.NC1(C(=O)NCc2ccccc2CN2CCOCC2)CC1. The lowest BCUT2D eigenvalue weighted by Gasteiger charge is -2.27. The third kappa shape index (κ3) is 5.33. The van der Waals surface area contributed by atoms with Crippen LogP contribution < -0.4 is 11.1 Å². The fourth-order valence-corrected chi connectivity index (χ4v) is 2.60. The van der Waals surface area contributed by atoms with Crippen molar-refractivity contribution < 1.29 is 9.53 Å². The summed E-state index contributed by atoms with van der Waals surface area (Å²) in [7, 11) is 0. The predicted octanol–water partition coefficient (Wildman–Crippen LogP) is 1.47. The molecular weight excluding hydrogens is 337 g/mol. The van der Waals surface area contributed by atoms with Crippen molar-refractivity contribution in [1.29, 1.82) is 0 Å². The van der Waals surface area contributed by atoms with Crippen molar-refractivity contribution in [2.75, 3.05) is 26.3 Å². The minimum Gasteiger partial charge on any atom is -0.379 e. The van der Waals surface area contributed by atoms with E-state index in [0.717, 1.165) is 45.7 Å². The van der Waals surface area contributed by atoms with Crippen LogP contribution in [0, 0.1) is 0 Å². The number of halogens is 2. The van der Waals surface area contributed by atoms with Gasteiger partial charge in [0.15, 0.2) is 0 Å². The van der Waals surface area contributed by atoms with Crippen LogP contribution in [0.5, 0.6) is 0 Å². The zero-order chi connectivity index (χ0) is 14.7. The molecule has 0 aromatic heterocycles. The highest BCUT2D eigenvalue weighted by molar-refractivity contribution is 5.88. The molecule has 1 saturated heterocycles. The molecule has 3 N–H and O–H groups in total. The summed E-state index contributed by atoms with van der Waals surface area (Å²) in [4.78, 5) is 14.3. The summed E-state index contributed by atoms with van der Waals surface area (Å²) < 4.78 is 5.38. The van der Waals surface area contributed by atoms with E-state index in [1.54, 1.807) is 0 Å². The lowest BCUT2D eigenvalue weighted by molar-refractivity contribution is -0.123. The molecule has 1 aliphatic heterocycles. The van der Waals surface area contributed by atoms with Gasteiger partial charge in [-0.1, -0.05) is 24.3 Å². The predicted molar refractivity (Wildman–Crippen MR) is 95.0 cm³/mol. The number of nitrogens with zero attached hydrogens (tertiary/aromatic N) is 1. The van der Waals surface area contributed by atoms with E-state index < -0.39 is 5.54 Å². The number of rotatable bonds is 5.